The van der Waals surface area contributed by atoms with E-state index < -0.39 is 29.0 Å². The van der Waals surface area contributed by atoms with Crippen LogP contribution in [0.3, 0.4) is 0 Å². The maximum absolute atomic E-state index is 14.1. The number of benzene rings is 3. The molecule has 121 heavy (non-hydrogen) atoms. The average Bonchev–Trinajstić information content (AvgIpc) is 1.54. The predicted octanol–water partition coefficient (Wildman–Crippen LogP) is 17.3. The maximum Gasteiger partial charge on any atom is 0.245 e. The molecule has 9 atom stereocenters. The molecular formula is C98H133N9O14. The Balaban J connectivity index is 0.000000157. The molecule has 3 aliphatic carbocycles. The number of carbonyl (C=O) groups excluding carboxylic acids is 12. The van der Waals surface area contributed by atoms with Crippen LogP contribution in [-0.4, -0.2) is 163 Å². The van der Waals surface area contributed by atoms with Crippen molar-refractivity contribution in [3.8, 4) is 11.5 Å². The fourth-order valence-electron chi connectivity index (χ4n) is 21.6. The summed E-state index contributed by atoms with van der Waals surface area (Å²) in [6, 6.07) is 10.5. The molecule has 6 aromatic rings. The molecule has 6 fully saturated rings. The van der Waals surface area contributed by atoms with Crippen LogP contribution in [0.5, 0.6) is 11.5 Å². The second-order valence-electron chi connectivity index (χ2n) is 40.2. The highest BCUT2D eigenvalue weighted by atomic mass is 16.5. The van der Waals surface area contributed by atoms with E-state index in [9.17, 15) is 57.5 Å². The normalized spacial score (nSPS) is 26.9. The van der Waals surface area contributed by atoms with E-state index in [1.54, 1.807) is 23.8 Å². The molecule has 3 saturated carbocycles. The van der Waals surface area contributed by atoms with Crippen molar-refractivity contribution < 1.29 is 67.0 Å². The first-order chi connectivity index (χ1) is 57.2. The zero-order valence-corrected chi connectivity index (χ0v) is 75.4. The average molecular weight is 1660 g/mol. The Labute approximate surface area is 714 Å². The molecule has 23 heteroatoms. The van der Waals surface area contributed by atoms with Gasteiger partial charge in [0.25, 0.3) is 0 Å². The lowest BCUT2D eigenvalue weighted by Crippen LogP contribution is -2.44. The van der Waals surface area contributed by atoms with E-state index in [-0.39, 0.29) is 130 Å². The summed E-state index contributed by atoms with van der Waals surface area (Å²) in [6.45, 7) is 33.0. The van der Waals surface area contributed by atoms with Gasteiger partial charge < -0.3 is 24.2 Å². The zero-order valence-electron chi connectivity index (χ0n) is 75.4. The van der Waals surface area contributed by atoms with Gasteiger partial charge in [0.05, 0.1) is 47.4 Å². The van der Waals surface area contributed by atoms with Gasteiger partial charge in [0.15, 0.2) is 34.7 Å². The molecule has 654 valence electrons. The number of ketones is 9. The lowest BCUT2D eigenvalue weighted by atomic mass is 9.79. The summed E-state index contributed by atoms with van der Waals surface area (Å²) in [7, 11) is 0. The predicted molar refractivity (Wildman–Crippen MR) is 465 cm³/mol. The molecule has 9 aliphatic rings. The summed E-state index contributed by atoms with van der Waals surface area (Å²) in [5, 5.41) is 16.2. The minimum Gasteiger partial charge on any atom is -0.493 e. The van der Waals surface area contributed by atoms with E-state index in [1.165, 1.54) is 20.8 Å². The minimum atomic E-state index is -0.465. The van der Waals surface area contributed by atoms with Gasteiger partial charge in [-0.3, -0.25) is 71.6 Å². The van der Waals surface area contributed by atoms with E-state index in [0.29, 0.717) is 115 Å². The van der Waals surface area contributed by atoms with Crippen LogP contribution in [0.2, 0.25) is 0 Å². The summed E-state index contributed by atoms with van der Waals surface area (Å²) >= 11 is 0. The SMILES string of the molecule is CCC(=O)[C@@H]1C[C@]23CCC(=O)C(C)(C)CCCCCc4cc(C)cc5c(C(C)=O)nn(c45)CC(=O)N1[C@@H]2C3.CCC(=O)[C@@H]1C[C@]23CCC(=O)C(C)(C)CCCCCc4cc(OC(C)C)cc5c(C(C)=O)nn(c45)CC(=O)N1[C@@H]2C3.CCC(=O)[C@@H]1C[C@]23CCC(=O)C(C)(C)CCCCCc4cc(OCC(C)C)cc5c(C(C)=O)nn(c45)CC(=O)N1[C@@H]2C3. The molecule has 0 radical (unpaired) electrons. The van der Waals surface area contributed by atoms with Crippen molar-refractivity contribution in [2.24, 2.45) is 38.4 Å². The van der Waals surface area contributed by atoms with Gasteiger partial charge in [0.1, 0.15) is 65.6 Å². The standard InChI is InChI=1S/C34H47N3O5.C33H45N3O5.C31H41N3O4/c1-7-27(39)26-17-34-14-12-29(40)33(5,6)13-10-8-9-11-23-15-24(42-20-21(2)3)16-25-31(22(4)38)35-36(32(23)25)19-30(41)37(26)28(34)18-34;1-7-26(38)25-17-33-14-12-28(39)32(5,6)13-10-8-9-11-22-15-23(41-20(2)3)16-24-30(21(4)37)34-35(31(22)24)19-29(40)36(25)27(33)18-33;1-6-24(36)23-16-31-13-11-26(37)30(4,5)12-9-7-8-10-21-14-19(2)15-22-28(20(3)35)32-33(29(21)22)18-27(38)34(23)25(31)17-31/h15-16,21,26,28H,7-14,17-20H2,1-6H3;15-16,20,25,27H,7-14,17-19H2,1-6H3;14-15,23,25H,6-13,16-18H2,1-5H3/t26-,28+,34-;25-,27+,33-;23-,25+,31-/m000/s1. The Morgan fingerprint density at radius 1 is 0.405 bits per heavy atom. The van der Waals surface area contributed by atoms with Gasteiger partial charge >= 0.3 is 0 Å². The second-order valence-corrected chi connectivity index (χ2v) is 40.2. The molecule has 3 saturated heterocycles. The molecule has 15 rings (SSSR count). The first-order valence-electron chi connectivity index (χ1n) is 45.7. The second kappa shape index (κ2) is 35.4. The monoisotopic (exact) mass is 1660 g/mol. The summed E-state index contributed by atoms with van der Waals surface area (Å²) in [5.41, 5.74) is 6.06. The van der Waals surface area contributed by atoms with Gasteiger partial charge in [-0.25, -0.2) is 0 Å². The van der Waals surface area contributed by atoms with E-state index in [2.05, 4.69) is 71.7 Å². The number of rotatable bonds is 14. The number of hydrogen-bond donors (Lipinski definition) is 0. The van der Waals surface area contributed by atoms with Crippen molar-refractivity contribution >= 4 is 102 Å². The Kier molecular flexibility index (Phi) is 26.3. The highest BCUT2D eigenvalue weighted by Gasteiger charge is 2.69. The van der Waals surface area contributed by atoms with Crippen LogP contribution in [0.25, 0.3) is 32.7 Å². The Hall–Kier alpha value is -8.89. The molecule has 3 aromatic carbocycles. The van der Waals surface area contributed by atoms with Gasteiger partial charge in [-0.2, -0.15) is 15.3 Å². The number of Topliss-reactive ketones (excluding diaryl/α,β-unsaturated/α-hetero) is 9. The van der Waals surface area contributed by atoms with Crippen LogP contribution >= 0.6 is 0 Å². The molecule has 3 aromatic heterocycles. The first kappa shape index (κ1) is 89.9. The minimum absolute atomic E-state index is 0.00193. The van der Waals surface area contributed by atoms with Gasteiger partial charge in [0, 0.05) is 110 Å². The van der Waals surface area contributed by atoms with Crippen molar-refractivity contribution in [2.75, 3.05) is 6.61 Å². The summed E-state index contributed by atoms with van der Waals surface area (Å²) < 4.78 is 17.3. The number of amides is 3. The topological polar surface area (TPSA) is 286 Å². The van der Waals surface area contributed by atoms with Crippen LogP contribution in [-0.2, 0) is 82.0 Å². The van der Waals surface area contributed by atoms with Crippen LogP contribution in [0.4, 0.5) is 0 Å². The van der Waals surface area contributed by atoms with Crippen molar-refractivity contribution in [3.05, 3.63) is 75.7 Å². The van der Waals surface area contributed by atoms with Crippen molar-refractivity contribution in [3.63, 3.8) is 0 Å². The van der Waals surface area contributed by atoms with Gasteiger partial charge in [-0.1, -0.05) is 126 Å². The largest absolute Gasteiger partial charge is 0.493 e. The summed E-state index contributed by atoms with van der Waals surface area (Å²) in [6.07, 6.45) is 22.6. The van der Waals surface area contributed by atoms with Crippen LogP contribution < -0.4 is 9.47 Å². The highest BCUT2D eigenvalue weighted by molar-refractivity contribution is 6.09. The van der Waals surface area contributed by atoms with E-state index in [1.807, 2.05) is 76.8 Å². The van der Waals surface area contributed by atoms with Crippen molar-refractivity contribution in [2.45, 2.75) is 372 Å². The number of aromatic nitrogens is 6. The molecular weight excluding hydrogens is 1530 g/mol. The van der Waals surface area contributed by atoms with Gasteiger partial charge in [-0.05, 0) is 206 Å². The smallest absolute Gasteiger partial charge is 0.245 e. The number of aryl methyl sites for hydroxylation is 4. The number of ether oxygens (including phenoxy) is 2. The van der Waals surface area contributed by atoms with Crippen molar-refractivity contribution in [1.29, 1.82) is 0 Å². The summed E-state index contributed by atoms with van der Waals surface area (Å²) in [5.74, 6) is 1.95. The first-order valence-corrected chi connectivity index (χ1v) is 45.7. The third-order valence-electron chi connectivity index (χ3n) is 29.0. The van der Waals surface area contributed by atoms with Crippen molar-refractivity contribution in [1.82, 2.24) is 44.0 Å². The van der Waals surface area contributed by atoms with E-state index in [0.717, 1.165) is 179 Å². The highest BCUT2D eigenvalue weighted by Crippen LogP contribution is 2.65. The molecule has 0 N–H and O–H groups in total. The van der Waals surface area contributed by atoms with Crippen LogP contribution in [0.1, 0.15) is 338 Å². The molecule has 9 heterocycles. The number of hydrogen-bond acceptors (Lipinski definition) is 17. The van der Waals surface area contributed by atoms with Gasteiger partial charge in [-0.15, -0.1) is 0 Å². The molecule has 6 aliphatic heterocycles. The van der Waals surface area contributed by atoms with E-state index >= 15 is 0 Å². The lowest BCUT2D eigenvalue weighted by Gasteiger charge is -2.27. The fourth-order valence-corrected chi connectivity index (χ4v) is 21.6. The molecule has 3 amide bonds. The molecule has 0 unspecified atom stereocenters. The Bertz CT molecular complexity index is 5110. The zero-order chi connectivity index (χ0) is 87.5. The number of piperidine rings is 3. The Morgan fingerprint density at radius 2 is 0.719 bits per heavy atom. The van der Waals surface area contributed by atoms with Crippen LogP contribution in [0.15, 0.2) is 36.4 Å². The quantitative estimate of drug-likeness (QED) is 0.0916. The summed E-state index contributed by atoms with van der Waals surface area (Å²) in [4.78, 5) is 164. The molecule has 23 nitrogen and oxygen atoms in total. The van der Waals surface area contributed by atoms with E-state index in [4.69, 9.17) is 14.6 Å². The van der Waals surface area contributed by atoms with Gasteiger partial charge in [0.2, 0.25) is 17.7 Å². The number of nitrogens with zero attached hydrogens (tertiary/aromatic N) is 9. The van der Waals surface area contributed by atoms with Crippen LogP contribution in [0, 0.1) is 45.3 Å². The molecule has 6 bridgehead atoms. The fraction of sp³-hybridized carbons (Fsp3) is 0.663. The molecule has 0 spiro atoms. The third kappa shape index (κ3) is 18.5. The Morgan fingerprint density at radius 3 is 1.03 bits per heavy atom. The third-order valence-corrected chi connectivity index (χ3v) is 29.0. The number of carbonyl (C=O) groups is 12. The maximum atomic E-state index is 14.1. The lowest BCUT2D eigenvalue weighted by molar-refractivity contribution is -0.139.